The van der Waals surface area contributed by atoms with Gasteiger partial charge in [0.2, 0.25) is 0 Å². The quantitative estimate of drug-likeness (QED) is 0.593. The number of hydrogen-bond acceptors (Lipinski definition) is 2. The van der Waals surface area contributed by atoms with Gasteiger partial charge in [0.15, 0.2) is 0 Å². The van der Waals surface area contributed by atoms with E-state index in [0.717, 1.165) is 12.5 Å². The van der Waals surface area contributed by atoms with Crippen LogP contribution in [-0.4, -0.2) is 18.8 Å². The summed E-state index contributed by atoms with van der Waals surface area (Å²) in [5, 5.41) is 3.45. The Labute approximate surface area is 78.4 Å². The second kappa shape index (κ2) is 2.81. The molecule has 0 saturated carbocycles. The third-order valence-corrected chi connectivity index (χ3v) is 3.34. The third-order valence-electron chi connectivity index (χ3n) is 3.34. The lowest BCUT2D eigenvalue weighted by Gasteiger charge is -2.31. The van der Waals surface area contributed by atoms with E-state index in [4.69, 9.17) is 0 Å². The van der Waals surface area contributed by atoms with Crippen molar-refractivity contribution in [3.8, 4) is 0 Å². The molecule has 2 heteroatoms. The topological polar surface area (TPSA) is 24.4 Å². The standard InChI is InChI=1S/C11H14N2/c1-2-11-9(4-6-13-11)10-7-12-5-3-8(1)10/h4,6,8,12H,1-3,5,7H2. The molecular formula is C11H14N2. The summed E-state index contributed by atoms with van der Waals surface area (Å²) in [6.45, 7) is 2.28. The van der Waals surface area contributed by atoms with Gasteiger partial charge in [0.05, 0.1) is 0 Å². The minimum Gasteiger partial charge on any atom is -0.313 e. The van der Waals surface area contributed by atoms with Crippen molar-refractivity contribution in [3.63, 3.8) is 0 Å². The molecule has 2 aliphatic heterocycles. The summed E-state index contributed by atoms with van der Waals surface area (Å²) in [6.07, 6.45) is 7.97. The zero-order valence-electron chi connectivity index (χ0n) is 7.71. The SMILES string of the molecule is C1=CC2=C3CNCCC3CCC2=N1. The molecule has 0 aromatic rings. The highest BCUT2D eigenvalue weighted by Gasteiger charge is 2.28. The van der Waals surface area contributed by atoms with Gasteiger partial charge in [-0.2, -0.15) is 0 Å². The Morgan fingerprint density at radius 1 is 1.38 bits per heavy atom. The van der Waals surface area contributed by atoms with Gasteiger partial charge < -0.3 is 5.32 Å². The van der Waals surface area contributed by atoms with Gasteiger partial charge in [0.25, 0.3) is 0 Å². The molecule has 0 aromatic heterocycles. The minimum absolute atomic E-state index is 0.845. The first-order valence-electron chi connectivity index (χ1n) is 5.12. The van der Waals surface area contributed by atoms with Crippen LogP contribution in [-0.2, 0) is 0 Å². The molecule has 1 saturated heterocycles. The highest BCUT2D eigenvalue weighted by molar-refractivity contribution is 6.06. The molecule has 2 nitrogen and oxygen atoms in total. The van der Waals surface area contributed by atoms with Gasteiger partial charge in [-0.1, -0.05) is 0 Å². The highest BCUT2D eigenvalue weighted by atomic mass is 14.9. The van der Waals surface area contributed by atoms with Crippen LogP contribution in [0, 0.1) is 5.92 Å². The van der Waals surface area contributed by atoms with E-state index in [2.05, 4.69) is 16.4 Å². The Hall–Kier alpha value is -0.890. The Balaban J connectivity index is 2.05. The van der Waals surface area contributed by atoms with Crippen molar-refractivity contribution in [2.45, 2.75) is 19.3 Å². The predicted molar refractivity (Wildman–Crippen MR) is 53.8 cm³/mol. The molecular weight excluding hydrogens is 160 g/mol. The van der Waals surface area contributed by atoms with Crippen molar-refractivity contribution in [2.24, 2.45) is 10.9 Å². The van der Waals surface area contributed by atoms with Crippen LogP contribution in [0.1, 0.15) is 19.3 Å². The van der Waals surface area contributed by atoms with Gasteiger partial charge in [-0.15, -0.1) is 0 Å². The van der Waals surface area contributed by atoms with Crippen LogP contribution in [0.4, 0.5) is 0 Å². The molecule has 0 amide bonds. The third kappa shape index (κ3) is 1.09. The smallest absolute Gasteiger partial charge is 0.0476 e. The van der Waals surface area contributed by atoms with Gasteiger partial charge in [0.1, 0.15) is 0 Å². The number of nitrogens with zero attached hydrogens (tertiary/aromatic N) is 1. The number of fused-ring (bicyclic) bond motifs is 2. The van der Waals surface area contributed by atoms with E-state index in [1.54, 1.807) is 5.57 Å². The van der Waals surface area contributed by atoms with E-state index in [0.29, 0.717) is 0 Å². The average molecular weight is 174 g/mol. The molecule has 13 heavy (non-hydrogen) atoms. The first kappa shape index (κ1) is 7.51. The molecule has 0 spiro atoms. The summed E-state index contributed by atoms with van der Waals surface area (Å²) in [6, 6.07) is 0. The molecule has 2 heterocycles. The van der Waals surface area contributed by atoms with Gasteiger partial charge in [-0.25, -0.2) is 0 Å². The number of hydrogen-bond donors (Lipinski definition) is 1. The van der Waals surface area contributed by atoms with Crippen LogP contribution in [0.5, 0.6) is 0 Å². The van der Waals surface area contributed by atoms with E-state index < -0.39 is 0 Å². The lowest BCUT2D eigenvalue weighted by atomic mass is 9.78. The van der Waals surface area contributed by atoms with Gasteiger partial charge in [-0.3, -0.25) is 4.99 Å². The maximum absolute atomic E-state index is 4.40. The summed E-state index contributed by atoms with van der Waals surface area (Å²) in [5.41, 5.74) is 4.39. The number of rotatable bonds is 0. The van der Waals surface area contributed by atoms with Crippen molar-refractivity contribution in [2.75, 3.05) is 13.1 Å². The molecule has 68 valence electrons. The van der Waals surface area contributed by atoms with E-state index >= 15 is 0 Å². The van der Waals surface area contributed by atoms with Crippen molar-refractivity contribution in [1.82, 2.24) is 5.32 Å². The molecule has 1 atom stereocenters. The molecule has 0 bridgehead atoms. The first-order chi connectivity index (χ1) is 6.45. The number of allylic oxidation sites excluding steroid dienone is 2. The summed E-state index contributed by atoms with van der Waals surface area (Å²) in [7, 11) is 0. The second-order valence-electron chi connectivity index (χ2n) is 4.03. The molecule has 0 aromatic carbocycles. The Kier molecular flexibility index (Phi) is 1.62. The number of nitrogens with one attached hydrogen (secondary N) is 1. The fourth-order valence-corrected chi connectivity index (χ4v) is 2.62. The molecule has 3 aliphatic rings. The lowest BCUT2D eigenvalue weighted by molar-refractivity contribution is 0.439. The molecule has 3 rings (SSSR count). The van der Waals surface area contributed by atoms with Gasteiger partial charge >= 0.3 is 0 Å². The fraction of sp³-hybridized carbons (Fsp3) is 0.545. The predicted octanol–water partition coefficient (Wildman–Crippen LogP) is 1.65. The van der Waals surface area contributed by atoms with E-state index in [1.807, 2.05) is 6.20 Å². The van der Waals surface area contributed by atoms with E-state index in [1.165, 1.54) is 37.1 Å². The van der Waals surface area contributed by atoms with Gasteiger partial charge in [0, 0.05) is 18.5 Å². The monoisotopic (exact) mass is 174 g/mol. The first-order valence-corrected chi connectivity index (χ1v) is 5.12. The zero-order chi connectivity index (χ0) is 8.67. The van der Waals surface area contributed by atoms with E-state index in [9.17, 15) is 0 Å². The minimum atomic E-state index is 0.845. The maximum Gasteiger partial charge on any atom is 0.0476 e. The van der Waals surface area contributed by atoms with Crippen LogP contribution in [0.25, 0.3) is 0 Å². The maximum atomic E-state index is 4.40. The van der Waals surface area contributed by atoms with Crippen molar-refractivity contribution in [1.29, 1.82) is 0 Å². The number of piperidine rings is 1. The van der Waals surface area contributed by atoms with Crippen LogP contribution >= 0.6 is 0 Å². The molecule has 1 unspecified atom stereocenters. The number of aliphatic imine (C=N–C) groups is 1. The summed E-state index contributed by atoms with van der Waals surface area (Å²) < 4.78 is 0. The second-order valence-corrected chi connectivity index (χ2v) is 4.03. The largest absolute Gasteiger partial charge is 0.313 e. The van der Waals surface area contributed by atoms with Crippen LogP contribution in [0.15, 0.2) is 28.4 Å². The summed E-state index contributed by atoms with van der Waals surface area (Å²) in [5.74, 6) is 0.845. The lowest BCUT2D eigenvalue weighted by Crippen LogP contribution is -2.34. The molecule has 0 radical (unpaired) electrons. The van der Waals surface area contributed by atoms with Crippen molar-refractivity contribution < 1.29 is 0 Å². The van der Waals surface area contributed by atoms with Crippen LogP contribution in [0.2, 0.25) is 0 Å². The molecule has 1 N–H and O–H groups in total. The average Bonchev–Trinajstić information content (AvgIpc) is 2.65. The highest BCUT2D eigenvalue weighted by Crippen LogP contribution is 2.34. The summed E-state index contributed by atoms with van der Waals surface area (Å²) in [4.78, 5) is 4.40. The fourth-order valence-electron chi connectivity index (χ4n) is 2.62. The Morgan fingerprint density at radius 2 is 2.38 bits per heavy atom. The molecule has 1 fully saturated rings. The van der Waals surface area contributed by atoms with Crippen LogP contribution < -0.4 is 5.32 Å². The van der Waals surface area contributed by atoms with E-state index in [-0.39, 0.29) is 0 Å². The normalized spacial score (nSPS) is 31.4. The van der Waals surface area contributed by atoms with Crippen molar-refractivity contribution >= 4 is 5.71 Å². The Bertz CT molecular complexity index is 323. The van der Waals surface area contributed by atoms with Gasteiger partial charge in [-0.05, 0) is 48.9 Å². The molecule has 1 aliphatic carbocycles. The zero-order valence-corrected chi connectivity index (χ0v) is 7.71. The van der Waals surface area contributed by atoms with Crippen LogP contribution in [0.3, 0.4) is 0 Å². The van der Waals surface area contributed by atoms with Crippen molar-refractivity contribution in [3.05, 3.63) is 23.4 Å². The Morgan fingerprint density at radius 3 is 3.38 bits per heavy atom. The summed E-state index contributed by atoms with van der Waals surface area (Å²) >= 11 is 0.